The Labute approximate surface area is 379 Å². The van der Waals surface area contributed by atoms with E-state index in [4.69, 9.17) is 59.0 Å². The van der Waals surface area contributed by atoms with Crippen molar-refractivity contribution < 1.29 is 76.0 Å². The Balaban J connectivity index is 3.02. The van der Waals surface area contributed by atoms with Gasteiger partial charge in [-0.2, -0.15) is 0 Å². The molecule has 1 aliphatic rings. The number of hydrogen-bond acceptors (Lipinski definition) is 17. The number of nitrogens with one attached hydrogen (secondary N) is 3. The van der Waals surface area contributed by atoms with E-state index < -0.39 is 55.2 Å². The molecule has 1 saturated carbocycles. The third kappa shape index (κ3) is 30.6. The summed E-state index contributed by atoms with van der Waals surface area (Å²) in [6.07, 6.45) is 1.87. The van der Waals surface area contributed by atoms with E-state index in [1.165, 1.54) is 0 Å². The molecule has 0 radical (unpaired) electrons. The first-order valence-corrected chi connectivity index (χ1v) is 24.6. The second-order valence-electron chi connectivity index (χ2n) is 15.0. The second-order valence-corrected chi connectivity index (χ2v) is 18.9. The molecule has 0 heterocycles. The normalized spacial score (nSPS) is 16.6. The van der Waals surface area contributed by atoms with E-state index in [-0.39, 0.29) is 63.1 Å². The molecule has 0 spiro atoms. The Kier molecular flexibility index (Phi) is 35.4. The maximum Gasteiger partial charge on any atom is 0.246 e. The van der Waals surface area contributed by atoms with Crippen LogP contribution in [-0.4, -0.2) is 199 Å². The Morgan fingerprint density at radius 3 is 1.51 bits per heavy atom. The minimum atomic E-state index is -3.23. The number of Topliss-reactive ketones (excluding diaryl/α,β-unsaturated/α-hetero) is 1. The first-order valence-electron chi connectivity index (χ1n) is 21.9. The Morgan fingerprint density at radius 2 is 1.06 bits per heavy atom. The Morgan fingerprint density at radius 1 is 0.635 bits per heavy atom. The molecule has 1 rings (SSSR count). The van der Waals surface area contributed by atoms with Crippen molar-refractivity contribution in [2.75, 3.05) is 147 Å². The fourth-order valence-corrected chi connectivity index (χ4v) is 7.15. The van der Waals surface area contributed by atoms with Crippen LogP contribution in [0.1, 0.15) is 65.2 Å². The standard InChI is InChI=1S/C41H77N4O16PS/c1-33(2)62(51,63)61-36-11-8-34(9-12-36)40(49)44-37(13-10-35(46)7-6-16-55-25-28-58-22-19-52-3)41(50)45(31-38(47)42-14-17-56-26-29-59-23-20-53-4)32-39(48)43-15-18-57-27-30-60-24-21-54-5/h33-34,36-37H,6-32H2,1-5H3,(H,42,47)(H,43,48)(H,44,49)(H,51,63)/p-1. The Hall–Kier alpha value is -2.24. The molecule has 63 heavy (non-hydrogen) atoms. The second kappa shape index (κ2) is 37.9. The molecule has 1 aliphatic carbocycles. The SMILES string of the molecule is COCCOCCOCCCC(=O)CCC(NC(=O)C1CCC(OP([O-])(=S)C(C)C)CC1)C(=O)N(CC(=O)NCCOCCOCCOC)CC(=O)NCCOCCOCCOC. The third-order valence-electron chi connectivity index (χ3n) is 9.57. The lowest BCUT2D eigenvalue weighted by Crippen LogP contribution is -2.54. The molecule has 0 aromatic carbocycles. The lowest BCUT2D eigenvalue weighted by molar-refractivity contribution is -0.189. The van der Waals surface area contributed by atoms with Gasteiger partial charge in [0.15, 0.2) is 0 Å². The van der Waals surface area contributed by atoms with Crippen LogP contribution in [0.5, 0.6) is 0 Å². The molecule has 0 aliphatic heterocycles. The van der Waals surface area contributed by atoms with Crippen LogP contribution in [0.3, 0.4) is 0 Å². The van der Waals surface area contributed by atoms with Crippen LogP contribution < -0.4 is 20.8 Å². The number of methoxy groups -OCH3 is 3. The molecule has 0 bridgehead atoms. The summed E-state index contributed by atoms with van der Waals surface area (Å²) < 4.78 is 53.2. The average Bonchev–Trinajstić information content (AvgIpc) is 3.25. The van der Waals surface area contributed by atoms with E-state index in [9.17, 15) is 28.9 Å². The number of hydrogen-bond donors (Lipinski definition) is 3. The zero-order chi connectivity index (χ0) is 46.6. The molecule has 1 fully saturated rings. The van der Waals surface area contributed by atoms with E-state index in [2.05, 4.69) is 16.0 Å². The van der Waals surface area contributed by atoms with Crippen LogP contribution >= 0.6 is 6.49 Å². The number of carbonyl (C=O) groups excluding carboxylic acids is 5. The fourth-order valence-electron chi connectivity index (χ4n) is 5.92. The van der Waals surface area contributed by atoms with Gasteiger partial charge in [-0.3, -0.25) is 24.0 Å². The minimum Gasteiger partial charge on any atom is -0.800 e. The van der Waals surface area contributed by atoms with E-state index in [0.717, 1.165) is 4.90 Å². The fraction of sp³-hybridized carbons (Fsp3) is 0.878. The number of ketones is 1. The van der Waals surface area contributed by atoms with Gasteiger partial charge in [-0.05, 0) is 50.7 Å². The molecule has 22 heteroatoms. The summed E-state index contributed by atoms with van der Waals surface area (Å²) in [5.74, 6) is -2.87. The first kappa shape index (κ1) is 58.8. The van der Waals surface area contributed by atoms with Crippen molar-refractivity contribution in [3.8, 4) is 0 Å². The maximum absolute atomic E-state index is 14.3. The van der Waals surface area contributed by atoms with Gasteiger partial charge in [0.05, 0.1) is 98.6 Å². The smallest absolute Gasteiger partial charge is 0.246 e. The lowest BCUT2D eigenvalue weighted by atomic mass is 9.86. The molecule has 2 unspecified atom stereocenters. The largest absolute Gasteiger partial charge is 0.800 e. The number of amides is 4. The van der Waals surface area contributed by atoms with Gasteiger partial charge < -0.3 is 72.9 Å². The highest BCUT2D eigenvalue weighted by atomic mass is 32.5. The van der Waals surface area contributed by atoms with Crippen LogP contribution in [0.25, 0.3) is 0 Å². The highest BCUT2D eigenvalue weighted by molar-refractivity contribution is 8.09. The maximum atomic E-state index is 14.3. The van der Waals surface area contributed by atoms with Gasteiger partial charge in [-0.15, -0.1) is 0 Å². The summed E-state index contributed by atoms with van der Waals surface area (Å²) in [5.41, 5.74) is -0.317. The van der Waals surface area contributed by atoms with E-state index in [1.54, 1.807) is 35.2 Å². The third-order valence-corrected chi connectivity index (χ3v) is 13.0. The summed E-state index contributed by atoms with van der Waals surface area (Å²) in [5, 5.41) is 8.24. The monoisotopic (exact) mass is 943 g/mol. The van der Waals surface area contributed by atoms with Crippen molar-refractivity contribution in [3.63, 3.8) is 0 Å². The van der Waals surface area contributed by atoms with Gasteiger partial charge in [-0.1, -0.05) is 25.7 Å². The van der Waals surface area contributed by atoms with Crippen molar-refractivity contribution in [1.29, 1.82) is 0 Å². The van der Waals surface area contributed by atoms with E-state index >= 15 is 0 Å². The summed E-state index contributed by atoms with van der Waals surface area (Å²) in [7, 11) is 4.74. The van der Waals surface area contributed by atoms with Gasteiger partial charge >= 0.3 is 0 Å². The van der Waals surface area contributed by atoms with Crippen LogP contribution in [0.4, 0.5) is 0 Å². The quantitative estimate of drug-likeness (QED) is 0.0554. The predicted octanol–water partition coefficient (Wildman–Crippen LogP) is 0.354. The first-order chi connectivity index (χ1) is 30.3. The van der Waals surface area contributed by atoms with Crippen LogP contribution in [-0.2, 0) is 82.9 Å². The van der Waals surface area contributed by atoms with Gasteiger partial charge in [0.2, 0.25) is 23.6 Å². The number of carbonyl (C=O) groups is 5. The molecule has 0 saturated heterocycles. The lowest BCUT2D eigenvalue weighted by Gasteiger charge is -2.38. The highest BCUT2D eigenvalue weighted by Gasteiger charge is 2.33. The zero-order valence-corrected chi connectivity index (χ0v) is 39.9. The van der Waals surface area contributed by atoms with Crippen LogP contribution in [0, 0.1) is 5.92 Å². The summed E-state index contributed by atoms with van der Waals surface area (Å²) in [6, 6.07) is -1.23. The zero-order valence-electron chi connectivity index (χ0n) is 38.2. The van der Waals surface area contributed by atoms with Crippen LogP contribution in [0.15, 0.2) is 0 Å². The number of nitrogens with zero attached hydrogens (tertiary/aromatic N) is 1. The highest BCUT2D eigenvalue weighted by Crippen LogP contribution is 2.46. The molecule has 0 aromatic heterocycles. The molecular weight excluding hydrogens is 868 g/mol. The number of ether oxygens (including phenoxy) is 9. The summed E-state index contributed by atoms with van der Waals surface area (Å²) >= 11 is 5.21. The van der Waals surface area contributed by atoms with Crippen LogP contribution in [0.2, 0.25) is 0 Å². The van der Waals surface area contributed by atoms with Gasteiger partial charge in [0.25, 0.3) is 0 Å². The van der Waals surface area contributed by atoms with Gasteiger partial charge in [0, 0.05) is 59.8 Å². The van der Waals surface area contributed by atoms with E-state index in [0.29, 0.717) is 118 Å². The molecule has 4 amide bonds. The van der Waals surface area contributed by atoms with Crippen molar-refractivity contribution in [2.24, 2.45) is 5.92 Å². The van der Waals surface area contributed by atoms with Crippen molar-refractivity contribution in [1.82, 2.24) is 20.9 Å². The average molecular weight is 944 g/mol. The van der Waals surface area contributed by atoms with Gasteiger partial charge in [-0.25, -0.2) is 0 Å². The van der Waals surface area contributed by atoms with Gasteiger partial charge in [0.1, 0.15) is 24.9 Å². The molecular formula is C41H76N4O16PS-. The van der Waals surface area contributed by atoms with E-state index in [1.807, 2.05) is 0 Å². The predicted molar refractivity (Wildman–Crippen MR) is 235 cm³/mol. The summed E-state index contributed by atoms with van der Waals surface area (Å²) in [4.78, 5) is 81.3. The molecule has 368 valence electrons. The Bertz CT molecular complexity index is 1260. The molecule has 20 nitrogen and oxygen atoms in total. The molecule has 3 N–H and O–H groups in total. The minimum absolute atomic E-state index is 0.0496. The number of rotatable bonds is 41. The molecule has 0 aromatic rings. The topological polar surface area (TPSA) is 240 Å². The van der Waals surface area contributed by atoms with Crippen molar-refractivity contribution in [2.45, 2.75) is 83.0 Å². The molecule has 2 atom stereocenters. The van der Waals surface area contributed by atoms with Crippen molar-refractivity contribution in [3.05, 3.63) is 0 Å². The summed E-state index contributed by atoms with van der Waals surface area (Å²) in [6.45, 7) is 4.95. The van der Waals surface area contributed by atoms with Crippen molar-refractivity contribution >= 4 is 47.7 Å².